The number of amides is 2. The van der Waals surface area contributed by atoms with Crippen molar-refractivity contribution in [1.29, 1.82) is 0 Å². The summed E-state index contributed by atoms with van der Waals surface area (Å²) in [4.78, 5) is 23.6. The number of hydrogen-bond acceptors (Lipinski definition) is 2. The zero-order valence-electron chi connectivity index (χ0n) is 11.9. The molecule has 2 N–H and O–H groups in total. The summed E-state index contributed by atoms with van der Waals surface area (Å²) in [5.74, 6) is -2.81. The summed E-state index contributed by atoms with van der Waals surface area (Å²) < 4.78 is 25.8. The van der Waals surface area contributed by atoms with E-state index in [4.69, 9.17) is 0 Å². The van der Waals surface area contributed by atoms with Gasteiger partial charge in [0.15, 0.2) is 11.6 Å². The van der Waals surface area contributed by atoms with E-state index >= 15 is 0 Å². The van der Waals surface area contributed by atoms with Crippen molar-refractivity contribution in [3.63, 3.8) is 0 Å². The van der Waals surface area contributed by atoms with Gasteiger partial charge in [0.05, 0.1) is 0 Å². The van der Waals surface area contributed by atoms with Gasteiger partial charge in [-0.3, -0.25) is 9.59 Å². The van der Waals surface area contributed by atoms with Gasteiger partial charge in [-0.2, -0.15) is 0 Å². The Morgan fingerprint density at radius 3 is 2.25 bits per heavy atom. The van der Waals surface area contributed by atoms with Crippen molar-refractivity contribution in [2.45, 2.75) is 33.7 Å². The lowest BCUT2D eigenvalue weighted by atomic mass is 9.95. The Hall–Kier alpha value is -1.98. The first-order valence-corrected chi connectivity index (χ1v) is 6.18. The minimum atomic E-state index is -1.05. The minimum Gasteiger partial charge on any atom is -0.344 e. The molecule has 1 unspecified atom stereocenters. The van der Waals surface area contributed by atoms with Gasteiger partial charge in [-0.05, 0) is 19.1 Å². The number of hydrogen-bond donors (Lipinski definition) is 2. The van der Waals surface area contributed by atoms with E-state index in [2.05, 4.69) is 10.6 Å². The lowest BCUT2D eigenvalue weighted by Gasteiger charge is -2.21. The van der Waals surface area contributed by atoms with E-state index < -0.39 is 29.0 Å². The van der Waals surface area contributed by atoms with Gasteiger partial charge in [-0.25, -0.2) is 8.78 Å². The third kappa shape index (κ3) is 4.29. The zero-order chi connectivity index (χ0) is 15.5. The first-order chi connectivity index (χ1) is 9.11. The van der Waals surface area contributed by atoms with Crippen LogP contribution in [0.3, 0.4) is 0 Å². The van der Waals surface area contributed by atoms with E-state index in [-0.39, 0.29) is 11.6 Å². The van der Waals surface area contributed by atoms with Crippen LogP contribution in [0.5, 0.6) is 0 Å². The minimum absolute atomic E-state index is 0.130. The molecule has 4 nitrogen and oxygen atoms in total. The van der Waals surface area contributed by atoms with Gasteiger partial charge in [-0.1, -0.05) is 20.8 Å². The van der Waals surface area contributed by atoms with Gasteiger partial charge in [0.2, 0.25) is 11.8 Å². The molecule has 2 amide bonds. The third-order valence-corrected chi connectivity index (χ3v) is 2.61. The maximum atomic E-state index is 13.0. The van der Waals surface area contributed by atoms with Gasteiger partial charge < -0.3 is 10.6 Å². The lowest BCUT2D eigenvalue weighted by molar-refractivity contribution is -0.131. The fourth-order valence-corrected chi connectivity index (χ4v) is 1.30. The highest BCUT2D eigenvalue weighted by Gasteiger charge is 2.25. The summed E-state index contributed by atoms with van der Waals surface area (Å²) in [5.41, 5.74) is -0.484. The second-order valence-corrected chi connectivity index (χ2v) is 5.56. The van der Waals surface area contributed by atoms with Gasteiger partial charge in [0, 0.05) is 17.2 Å². The van der Waals surface area contributed by atoms with E-state index in [1.807, 2.05) is 0 Å². The second kappa shape index (κ2) is 5.98. The van der Waals surface area contributed by atoms with Crippen LogP contribution in [-0.4, -0.2) is 17.9 Å². The molecule has 6 heteroatoms. The average Bonchev–Trinajstić information content (AvgIpc) is 2.32. The fourth-order valence-electron chi connectivity index (χ4n) is 1.30. The largest absolute Gasteiger partial charge is 0.344 e. The molecule has 0 aliphatic heterocycles. The number of rotatable bonds is 3. The molecule has 0 saturated heterocycles. The quantitative estimate of drug-likeness (QED) is 0.895. The van der Waals surface area contributed by atoms with Gasteiger partial charge in [-0.15, -0.1) is 0 Å². The molecule has 0 fully saturated rings. The van der Waals surface area contributed by atoms with Crippen LogP contribution in [-0.2, 0) is 9.59 Å². The molecule has 0 radical (unpaired) electrons. The predicted molar refractivity (Wildman–Crippen MR) is 72.0 cm³/mol. The smallest absolute Gasteiger partial charge is 0.246 e. The lowest BCUT2D eigenvalue weighted by Crippen LogP contribution is -2.46. The molecule has 0 aromatic heterocycles. The van der Waals surface area contributed by atoms with E-state index in [9.17, 15) is 18.4 Å². The molecule has 1 rings (SSSR count). The Kier molecular flexibility index (Phi) is 4.81. The molecular formula is C14H18F2N2O2. The number of halogens is 2. The van der Waals surface area contributed by atoms with Crippen molar-refractivity contribution >= 4 is 17.5 Å². The SMILES string of the molecule is CC(NC(=O)C(C)(C)C)C(=O)Nc1ccc(F)c(F)c1. The maximum Gasteiger partial charge on any atom is 0.246 e. The molecular weight excluding hydrogens is 266 g/mol. The first-order valence-electron chi connectivity index (χ1n) is 6.18. The van der Waals surface area contributed by atoms with Crippen LogP contribution in [0.1, 0.15) is 27.7 Å². The molecule has 0 saturated carbocycles. The first kappa shape index (κ1) is 16.1. The topological polar surface area (TPSA) is 58.2 Å². The van der Waals surface area contributed by atoms with E-state index in [1.54, 1.807) is 20.8 Å². The highest BCUT2D eigenvalue weighted by atomic mass is 19.2. The number of anilines is 1. The van der Waals surface area contributed by atoms with Crippen molar-refractivity contribution < 1.29 is 18.4 Å². The standard InChI is InChI=1S/C14H18F2N2O2/c1-8(17-13(20)14(2,3)4)12(19)18-9-5-6-10(15)11(16)7-9/h5-8H,1-4H3,(H,17,20)(H,18,19). The molecule has 20 heavy (non-hydrogen) atoms. The summed E-state index contributed by atoms with van der Waals surface area (Å²) in [6.45, 7) is 6.69. The van der Waals surface area contributed by atoms with Gasteiger partial charge in [0.25, 0.3) is 0 Å². The summed E-state index contributed by atoms with van der Waals surface area (Å²) in [6, 6.07) is 2.26. The zero-order valence-corrected chi connectivity index (χ0v) is 11.9. The molecule has 110 valence electrons. The maximum absolute atomic E-state index is 13.0. The molecule has 0 aliphatic carbocycles. The van der Waals surface area contributed by atoms with E-state index in [0.717, 1.165) is 12.1 Å². The Balaban J connectivity index is 2.66. The molecule has 0 bridgehead atoms. The molecule has 1 aromatic rings. The molecule has 1 aromatic carbocycles. The predicted octanol–water partition coefficient (Wildman–Crippen LogP) is 2.45. The van der Waals surface area contributed by atoms with Gasteiger partial charge in [0.1, 0.15) is 6.04 Å². The fraction of sp³-hybridized carbons (Fsp3) is 0.429. The molecule has 0 heterocycles. The summed E-state index contributed by atoms with van der Waals surface area (Å²) in [7, 11) is 0. The number of carbonyl (C=O) groups is 2. The van der Waals surface area contributed by atoms with Crippen LogP contribution in [0.15, 0.2) is 18.2 Å². The van der Waals surface area contributed by atoms with E-state index in [0.29, 0.717) is 0 Å². The summed E-state index contributed by atoms with van der Waals surface area (Å²) in [6.07, 6.45) is 0. The van der Waals surface area contributed by atoms with Crippen LogP contribution in [0.25, 0.3) is 0 Å². The summed E-state index contributed by atoms with van der Waals surface area (Å²) >= 11 is 0. The van der Waals surface area contributed by atoms with Crippen molar-refractivity contribution in [2.75, 3.05) is 5.32 Å². The van der Waals surface area contributed by atoms with Crippen molar-refractivity contribution in [1.82, 2.24) is 5.32 Å². The Bertz CT molecular complexity index is 524. The number of carbonyl (C=O) groups excluding carboxylic acids is 2. The van der Waals surface area contributed by atoms with Crippen molar-refractivity contribution in [2.24, 2.45) is 5.41 Å². The van der Waals surface area contributed by atoms with Gasteiger partial charge >= 0.3 is 0 Å². The normalized spacial score (nSPS) is 12.7. The van der Waals surface area contributed by atoms with Crippen LogP contribution in [0, 0.1) is 17.0 Å². The summed E-state index contributed by atoms with van der Waals surface area (Å²) in [5, 5.41) is 4.95. The van der Waals surface area contributed by atoms with Crippen LogP contribution >= 0.6 is 0 Å². The Labute approximate surface area is 116 Å². The highest BCUT2D eigenvalue weighted by Crippen LogP contribution is 2.15. The van der Waals surface area contributed by atoms with Crippen LogP contribution in [0.2, 0.25) is 0 Å². The van der Waals surface area contributed by atoms with Crippen molar-refractivity contribution in [3.8, 4) is 0 Å². The van der Waals surface area contributed by atoms with E-state index in [1.165, 1.54) is 13.0 Å². The number of nitrogens with one attached hydrogen (secondary N) is 2. The Morgan fingerprint density at radius 2 is 1.75 bits per heavy atom. The Morgan fingerprint density at radius 1 is 1.15 bits per heavy atom. The number of benzene rings is 1. The molecule has 0 spiro atoms. The molecule has 1 atom stereocenters. The van der Waals surface area contributed by atoms with Crippen molar-refractivity contribution in [3.05, 3.63) is 29.8 Å². The molecule has 0 aliphatic rings. The highest BCUT2D eigenvalue weighted by molar-refractivity contribution is 5.97. The van der Waals surface area contributed by atoms with Crippen LogP contribution in [0.4, 0.5) is 14.5 Å². The monoisotopic (exact) mass is 284 g/mol. The van der Waals surface area contributed by atoms with Crippen LogP contribution < -0.4 is 10.6 Å². The second-order valence-electron chi connectivity index (χ2n) is 5.56. The average molecular weight is 284 g/mol. The third-order valence-electron chi connectivity index (χ3n) is 2.61.